The Morgan fingerprint density at radius 2 is 1.68 bits per heavy atom. The summed E-state index contributed by atoms with van der Waals surface area (Å²) in [4.78, 5) is 4.27. The molecule has 0 aliphatic heterocycles. The van der Waals surface area contributed by atoms with Crippen LogP contribution in [-0.2, 0) is 22.6 Å². The molecule has 0 saturated carbocycles. The maximum atomic E-state index is 12.1. The molecule has 1 atom stereocenters. The van der Waals surface area contributed by atoms with Crippen molar-refractivity contribution in [3.8, 4) is 0 Å². The molecule has 25 heavy (non-hydrogen) atoms. The van der Waals surface area contributed by atoms with E-state index < -0.39 is 10.8 Å². The highest BCUT2D eigenvalue weighted by Gasteiger charge is 2.21. The first-order valence-corrected chi connectivity index (χ1v) is 10.3. The molecule has 142 valence electrons. The second kappa shape index (κ2) is 9.37. The van der Waals surface area contributed by atoms with Gasteiger partial charge in [-0.1, -0.05) is 45.0 Å². The first kappa shape index (κ1) is 21.7. The molecule has 2 N–H and O–H groups in total. The second-order valence-electron chi connectivity index (χ2n) is 7.95. The first-order chi connectivity index (χ1) is 11.6. The van der Waals surface area contributed by atoms with Gasteiger partial charge in [-0.25, -0.2) is 0 Å². The first-order valence-electron chi connectivity index (χ1n) is 9.02. The van der Waals surface area contributed by atoms with E-state index in [0.29, 0.717) is 12.3 Å². The normalized spacial score (nSPS) is 14.3. The van der Waals surface area contributed by atoms with Crippen molar-refractivity contribution in [2.45, 2.75) is 58.1 Å². The largest absolute Gasteiger partial charge is 0.356 e. The predicted octanol–water partition coefficient (Wildman–Crippen LogP) is 3.24. The molecule has 5 heteroatoms. The Balaban J connectivity index is 2.53. The van der Waals surface area contributed by atoms with Crippen molar-refractivity contribution in [2.75, 3.05) is 25.9 Å². The van der Waals surface area contributed by atoms with Gasteiger partial charge < -0.3 is 10.6 Å². The lowest BCUT2D eigenvalue weighted by molar-refractivity contribution is 0.509. The highest BCUT2D eigenvalue weighted by Crippen LogP contribution is 2.22. The minimum absolute atomic E-state index is 0.00186. The number of hydrogen-bond acceptors (Lipinski definition) is 2. The number of rotatable bonds is 7. The van der Waals surface area contributed by atoms with E-state index in [0.717, 1.165) is 18.9 Å². The molecular weight excluding hydrogens is 330 g/mol. The van der Waals surface area contributed by atoms with Crippen LogP contribution >= 0.6 is 0 Å². The topological polar surface area (TPSA) is 53.5 Å². The van der Waals surface area contributed by atoms with Crippen LogP contribution in [-0.4, -0.2) is 40.8 Å². The molecule has 0 amide bonds. The van der Waals surface area contributed by atoms with Gasteiger partial charge in [0.1, 0.15) is 0 Å². The van der Waals surface area contributed by atoms with Crippen molar-refractivity contribution < 1.29 is 4.21 Å². The van der Waals surface area contributed by atoms with Crippen molar-refractivity contribution in [1.82, 2.24) is 10.6 Å². The zero-order valence-corrected chi connectivity index (χ0v) is 17.7. The maximum Gasteiger partial charge on any atom is 0.191 e. The average molecular weight is 366 g/mol. The summed E-state index contributed by atoms with van der Waals surface area (Å²) in [6.07, 6.45) is 1.06. The van der Waals surface area contributed by atoms with Gasteiger partial charge in [0.05, 0.1) is 0 Å². The quantitative estimate of drug-likeness (QED) is 0.576. The van der Waals surface area contributed by atoms with Gasteiger partial charge in [0, 0.05) is 46.9 Å². The van der Waals surface area contributed by atoms with Gasteiger partial charge in [0.25, 0.3) is 0 Å². The standard InChI is InChI=1S/C20H35N3OS/c1-8-16-9-11-17(12-10-16)20(5,6)15-23-18(21-7)22-13-14-25(24)19(2,3)4/h9-12H,8,13-15H2,1-7H3,(H2,21,22,23). The van der Waals surface area contributed by atoms with E-state index in [-0.39, 0.29) is 10.2 Å². The highest BCUT2D eigenvalue weighted by molar-refractivity contribution is 7.86. The fourth-order valence-electron chi connectivity index (χ4n) is 2.39. The van der Waals surface area contributed by atoms with E-state index in [2.05, 4.69) is 60.7 Å². The fraction of sp³-hybridized carbons (Fsp3) is 0.650. The van der Waals surface area contributed by atoms with E-state index in [1.165, 1.54) is 11.1 Å². The molecule has 0 heterocycles. The van der Waals surface area contributed by atoms with Crippen LogP contribution < -0.4 is 10.6 Å². The summed E-state index contributed by atoms with van der Waals surface area (Å²) in [7, 11) is 0.908. The number of aliphatic imine (C=N–C) groups is 1. The third kappa shape index (κ3) is 7.18. The summed E-state index contributed by atoms with van der Waals surface area (Å²) < 4.78 is 11.9. The number of guanidine groups is 1. The van der Waals surface area contributed by atoms with Gasteiger partial charge in [-0.15, -0.1) is 0 Å². The number of nitrogens with zero attached hydrogens (tertiary/aromatic N) is 1. The molecule has 4 nitrogen and oxygen atoms in total. The van der Waals surface area contributed by atoms with Crippen molar-refractivity contribution >= 4 is 16.8 Å². The molecular formula is C20H35N3OS. The zero-order valence-electron chi connectivity index (χ0n) is 16.9. The summed E-state index contributed by atoms with van der Waals surface area (Å²) in [5.41, 5.74) is 2.66. The Labute approximate surface area is 156 Å². The Morgan fingerprint density at radius 1 is 1.08 bits per heavy atom. The summed E-state index contributed by atoms with van der Waals surface area (Å²) in [5, 5.41) is 6.65. The van der Waals surface area contributed by atoms with E-state index in [1.807, 2.05) is 20.8 Å². The van der Waals surface area contributed by atoms with Gasteiger partial charge in [-0.05, 0) is 38.3 Å². The van der Waals surface area contributed by atoms with Crippen LogP contribution in [0.25, 0.3) is 0 Å². The van der Waals surface area contributed by atoms with Crippen LogP contribution in [0.15, 0.2) is 29.3 Å². The SMILES string of the molecule is CCc1ccc(C(C)(C)CNC(=NC)NCCS(=O)C(C)(C)C)cc1. The third-order valence-corrected chi connectivity index (χ3v) is 6.27. The van der Waals surface area contributed by atoms with Crippen LogP contribution in [0.5, 0.6) is 0 Å². The van der Waals surface area contributed by atoms with Crippen molar-refractivity contribution in [2.24, 2.45) is 4.99 Å². The van der Waals surface area contributed by atoms with Gasteiger partial charge in [0.2, 0.25) is 0 Å². The Bertz CT molecular complexity index is 586. The van der Waals surface area contributed by atoms with E-state index in [1.54, 1.807) is 7.05 Å². The van der Waals surface area contributed by atoms with Gasteiger partial charge in [-0.2, -0.15) is 0 Å². The van der Waals surface area contributed by atoms with Crippen LogP contribution in [0.4, 0.5) is 0 Å². The summed E-state index contributed by atoms with van der Waals surface area (Å²) in [6, 6.07) is 8.82. The lowest BCUT2D eigenvalue weighted by Gasteiger charge is -2.27. The third-order valence-electron chi connectivity index (χ3n) is 4.33. The van der Waals surface area contributed by atoms with E-state index in [4.69, 9.17) is 0 Å². The molecule has 0 fully saturated rings. The number of aryl methyl sites for hydroxylation is 1. The molecule has 0 spiro atoms. The molecule has 0 aliphatic carbocycles. The Kier molecular flexibility index (Phi) is 8.13. The Hall–Kier alpha value is -1.36. The van der Waals surface area contributed by atoms with Crippen molar-refractivity contribution in [3.63, 3.8) is 0 Å². The van der Waals surface area contributed by atoms with Crippen LogP contribution in [0.3, 0.4) is 0 Å². The molecule has 0 radical (unpaired) electrons. The van der Waals surface area contributed by atoms with Crippen molar-refractivity contribution in [3.05, 3.63) is 35.4 Å². The number of hydrogen-bond donors (Lipinski definition) is 2. The minimum Gasteiger partial charge on any atom is -0.356 e. The van der Waals surface area contributed by atoms with Gasteiger partial charge in [-0.3, -0.25) is 9.20 Å². The van der Waals surface area contributed by atoms with Crippen LogP contribution in [0, 0.1) is 0 Å². The maximum absolute atomic E-state index is 12.1. The Morgan fingerprint density at radius 3 is 2.16 bits per heavy atom. The fourth-order valence-corrected chi connectivity index (χ4v) is 3.29. The molecule has 0 aromatic heterocycles. The van der Waals surface area contributed by atoms with Crippen LogP contribution in [0.1, 0.15) is 52.7 Å². The molecule has 1 aromatic carbocycles. The summed E-state index contributed by atoms with van der Waals surface area (Å²) in [6.45, 7) is 14.1. The summed E-state index contributed by atoms with van der Waals surface area (Å²) >= 11 is 0. The minimum atomic E-state index is -0.855. The lowest BCUT2D eigenvalue weighted by Crippen LogP contribution is -2.44. The number of nitrogens with one attached hydrogen (secondary N) is 2. The molecule has 1 unspecified atom stereocenters. The smallest absolute Gasteiger partial charge is 0.191 e. The van der Waals surface area contributed by atoms with E-state index >= 15 is 0 Å². The van der Waals surface area contributed by atoms with E-state index in [9.17, 15) is 4.21 Å². The molecule has 0 aliphatic rings. The zero-order chi connectivity index (χ0) is 19.1. The average Bonchev–Trinajstić information content (AvgIpc) is 2.56. The second-order valence-corrected chi connectivity index (χ2v) is 10.3. The van der Waals surface area contributed by atoms with Crippen LogP contribution in [0.2, 0.25) is 0 Å². The molecule has 0 bridgehead atoms. The molecule has 1 aromatic rings. The number of benzene rings is 1. The van der Waals surface area contributed by atoms with Crippen molar-refractivity contribution in [1.29, 1.82) is 0 Å². The van der Waals surface area contributed by atoms with Gasteiger partial charge >= 0.3 is 0 Å². The predicted molar refractivity (Wildman–Crippen MR) is 111 cm³/mol. The summed E-state index contributed by atoms with van der Waals surface area (Å²) in [5.74, 6) is 1.37. The van der Waals surface area contributed by atoms with Gasteiger partial charge in [0.15, 0.2) is 5.96 Å². The molecule has 1 rings (SSSR count). The highest BCUT2D eigenvalue weighted by atomic mass is 32.2. The lowest BCUT2D eigenvalue weighted by atomic mass is 9.84. The molecule has 0 saturated heterocycles. The monoisotopic (exact) mass is 365 g/mol.